The number of hydrogen-bond acceptors (Lipinski definition) is 1. The Hall–Kier alpha value is -0.510. The molecule has 0 heterocycles. The highest BCUT2D eigenvalue weighted by molar-refractivity contribution is 5.01. The van der Waals surface area contributed by atoms with E-state index in [0.717, 1.165) is 36.0 Å². The number of rotatable bonds is 10. The summed E-state index contributed by atoms with van der Waals surface area (Å²) in [7, 11) is 0. The Balaban J connectivity index is 1.30. The lowest BCUT2D eigenvalue weighted by molar-refractivity contribution is 0.133. The SMILES string of the molecule is CCCCC[C@]1(C#N)CC[C@H](CCC2CCC([C@H]3CC[C@H](CCC)CC3)CC2)CC1. The van der Waals surface area contributed by atoms with Crippen molar-refractivity contribution >= 4 is 0 Å². The molecule has 3 fully saturated rings. The maximum atomic E-state index is 9.78. The van der Waals surface area contributed by atoms with Crippen molar-refractivity contribution in [1.82, 2.24) is 0 Å². The third-order valence-corrected chi connectivity index (χ3v) is 9.69. The van der Waals surface area contributed by atoms with Crippen molar-refractivity contribution in [1.29, 1.82) is 5.26 Å². The van der Waals surface area contributed by atoms with Gasteiger partial charge < -0.3 is 0 Å². The molecular weight excluding hydrogens is 362 g/mol. The molecule has 0 aromatic rings. The monoisotopic (exact) mass is 413 g/mol. The lowest BCUT2D eigenvalue weighted by atomic mass is 9.66. The fourth-order valence-corrected chi connectivity index (χ4v) is 7.43. The zero-order valence-corrected chi connectivity index (χ0v) is 20.5. The van der Waals surface area contributed by atoms with Crippen LogP contribution in [0.4, 0.5) is 0 Å². The summed E-state index contributed by atoms with van der Waals surface area (Å²) in [5.74, 6) is 5.14. The van der Waals surface area contributed by atoms with Gasteiger partial charge in [-0.25, -0.2) is 0 Å². The Morgan fingerprint density at radius 3 is 1.60 bits per heavy atom. The van der Waals surface area contributed by atoms with Crippen molar-refractivity contribution in [2.24, 2.45) is 35.0 Å². The van der Waals surface area contributed by atoms with Gasteiger partial charge in [-0.15, -0.1) is 0 Å². The number of hydrogen-bond donors (Lipinski definition) is 0. The van der Waals surface area contributed by atoms with Crippen LogP contribution >= 0.6 is 0 Å². The molecule has 172 valence electrons. The lowest BCUT2D eigenvalue weighted by Crippen LogP contribution is -2.27. The Labute approximate surface area is 188 Å². The molecule has 3 rings (SSSR count). The maximum Gasteiger partial charge on any atom is 0.0689 e. The molecule has 3 aliphatic carbocycles. The first-order chi connectivity index (χ1) is 14.7. The van der Waals surface area contributed by atoms with Crippen LogP contribution in [-0.2, 0) is 0 Å². The van der Waals surface area contributed by atoms with Gasteiger partial charge in [-0.05, 0) is 87.4 Å². The van der Waals surface area contributed by atoms with E-state index in [1.807, 2.05) is 0 Å². The summed E-state index contributed by atoms with van der Waals surface area (Å²) < 4.78 is 0. The molecule has 30 heavy (non-hydrogen) atoms. The highest BCUT2D eigenvalue weighted by Gasteiger charge is 2.35. The number of nitrogens with zero attached hydrogens (tertiary/aromatic N) is 1. The average Bonchev–Trinajstić information content (AvgIpc) is 2.80. The fourth-order valence-electron chi connectivity index (χ4n) is 7.43. The Morgan fingerprint density at radius 2 is 1.13 bits per heavy atom. The molecule has 3 aliphatic rings. The summed E-state index contributed by atoms with van der Waals surface area (Å²) in [6.07, 6.45) is 28.1. The first-order valence-corrected chi connectivity index (χ1v) is 14.1. The van der Waals surface area contributed by atoms with Gasteiger partial charge in [0.25, 0.3) is 0 Å². The molecule has 1 nitrogen and oxygen atoms in total. The van der Waals surface area contributed by atoms with Gasteiger partial charge in [0.2, 0.25) is 0 Å². The molecule has 0 saturated heterocycles. The molecule has 0 amide bonds. The van der Waals surface area contributed by atoms with E-state index in [4.69, 9.17) is 0 Å². The van der Waals surface area contributed by atoms with E-state index in [2.05, 4.69) is 19.9 Å². The van der Waals surface area contributed by atoms with Gasteiger partial charge >= 0.3 is 0 Å². The molecule has 0 aromatic carbocycles. The van der Waals surface area contributed by atoms with Gasteiger partial charge in [0, 0.05) is 0 Å². The second-order valence-corrected chi connectivity index (χ2v) is 11.7. The van der Waals surface area contributed by atoms with Crippen molar-refractivity contribution in [2.45, 2.75) is 142 Å². The van der Waals surface area contributed by atoms with Crippen molar-refractivity contribution in [3.63, 3.8) is 0 Å². The van der Waals surface area contributed by atoms with Crippen LogP contribution in [0.15, 0.2) is 0 Å². The summed E-state index contributed by atoms with van der Waals surface area (Å²) in [5, 5.41) is 9.78. The Morgan fingerprint density at radius 1 is 0.633 bits per heavy atom. The van der Waals surface area contributed by atoms with E-state index in [1.165, 1.54) is 109 Å². The van der Waals surface area contributed by atoms with E-state index >= 15 is 0 Å². The molecule has 0 aromatic heterocycles. The molecule has 0 spiro atoms. The molecule has 0 radical (unpaired) electrons. The summed E-state index contributed by atoms with van der Waals surface area (Å²) in [6, 6.07) is 2.75. The van der Waals surface area contributed by atoms with Gasteiger partial charge in [0.1, 0.15) is 0 Å². The van der Waals surface area contributed by atoms with Crippen LogP contribution in [0.2, 0.25) is 0 Å². The second-order valence-electron chi connectivity index (χ2n) is 11.7. The maximum absolute atomic E-state index is 9.78. The lowest BCUT2D eigenvalue weighted by Gasteiger charge is -2.39. The quantitative estimate of drug-likeness (QED) is 0.327. The van der Waals surface area contributed by atoms with E-state index < -0.39 is 0 Å². The molecule has 0 atom stereocenters. The van der Waals surface area contributed by atoms with Gasteiger partial charge in [-0.1, -0.05) is 84.5 Å². The smallest absolute Gasteiger partial charge is 0.0689 e. The van der Waals surface area contributed by atoms with Crippen molar-refractivity contribution in [3.8, 4) is 6.07 Å². The predicted molar refractivity (Wildman–Crippen MR) is 129 cm³/mol. The minimum atomic E-state index is 0.0415. The van der Waals surface area contributed by atoms with E-state index in [0.29, 0.717) is 0 Å². The van der Waals surface area contributed by atoms with Crippen molar-refractivity contribution in [2.75, 3.05) is 0 Å². The molecule has 0 N–H and O–H groups in total. The summed E-state index contributed by atoms with van der Waals surface area (Å²) in [6.45, 7) is 4.62. The van der Waals surface area contributed by atoms with E-state index in [1.54, 1.807) is 12.8 Å². The Bertz CT molecular complexity index is 493. The number of unbranched alkanes of at least 4 members (excludes halogenated alkanes) is 2. The molecule has 1 heteroatoms. The zero-order chi connectivity index (χ0) is 21.2. The van der Waals surface area contributed by atoms with Crippen LogP contribution in [0.25, 0.3) is 0 Å². The summed E-state index contributed by atoms with van der Waals surface area (Å²) in [4.78, 5) is 0. The third-order valence-electron chi connectivity index (χ3n) is 9.69. The van der Waals surface area contributed by atoms with Crippen LogP contribution in [0.5, 0.6) is 0 Å². The minimum Gasteiger partial charge on any atom is -0.198 e. The van der Waals surface area contributed by atoms with E-state index in [9.17, 15) is 5.26 Å². The highest BCUT2D eigenvalue weighted by Crippen LogP contribution is 2.46. The molecule has 3 saturated carbocycles. The molecule has 0 aliphatic heterocycles. The first-order valence-electron chi connectivity index (χ1n) is 14.1. The minimum absolute atomic E-state index is 0.0415. The fraction of sp³-hybridized carbons (Fsp3) is 0.966. The largest absolute Gasteiger partial charge is 0.198 e. The molecule has 0 unspecified atom stereocenters. The van der Waals surface area contributed by atoms with Gasteiger partial charge in [0.15, 0.2) is 0 Å². The molecule has 0 bridgehead atoms. The predicted octanol–water partition coefficient (Wildman–Crippen LogP) is 9.46. The van der Waals surface area contributed by atoms with Gasteiger partial charge in [0.05, 0.1) is 11.5 Å². The summed E-state index contributed by atoms with van der Waals surface area (Å²) in [5.41, 5.74) is 0.0415. The van der Waals surface area contributed by atoms with Crippen molar-refractivity contribution < 1.29 is 0 Å². The zero-order valence-electron chi connectivity index (χ0n) is 20.5. The first kappa shape index (κ1) is 24.1. The van der Waals surface area contributed by atoms with Crippen LogP contribution in [0.3, 0.4) is 0 Å². The van der Waals surface area contributed by atoms with Crippen LogP contribution < -0.4 is 0 Å². The van der Waals surface area contributed by atoms with Gasteiger partial charge in [-0.2, -0.15) is 5.26 Å². The van der Waals surface area contributed by atoms with Crippen LogP contribution in [0.1, 0.15) is 142 Å². The van der Waals surface area contributed by atoms with Crippen LogP contribution in [0, 0.1) is 46.3 Å². The number of nitriles is 1. The standard InChI is InChI=1S/C29H51N/c1-3-5-6-20-29(23-30)21-18-26(19-22-29)9-8-25-12-16-28(17-13-25)27-14-10-24(7-4-2)11-15-27/h24-28H,3-22H2,1-2H3/t24-,25?,26-,27-,28?,29-. The van der Waals surface area contributed by atoms with E-state index in [-0.39, 0.29) is 5.41 Å². The van der Waals surface area contributed by atoms with Gasteiger partial charge in [-0.3, -0.25) is 0 Å². The summed E-state index contributed by atoms with van der Waals surface area (Å²) >= 11 is 0. The third kappa shape index (κ3) is 7.00. The topological polar surface area (TPSA) is 23.8 Å². The molecular formula is C29H51N. The Kier molecular flexibility index (Phi) is 10.1. The van der Waals surface area contributed by atoms with Crippen LogP contribution in [-0.4, -0.2) is 0 Å². The average molecular weight is 414 g/mol. The normalized spacial score (nSPS) is 37.6. The second kappa shape index (κ2) is 12.5. The highest BCUT2D eigenvalue weighted by atomic mass is 14.4. The van der Waals surface area contributed by atoms with Crippen molar-refractivity contribution in [3.05, 3.63) is 0 Å².